The zero-order chi connectivity index (χ0) is 33.1. The maximum Gasteiger partial charge on any atom is 0.339 e. The predicted molar refractivity (Wildman–Crippen MR) is 178 cm³/mol. The van der Waals surface area contributed by atoms with Gasteiger partial charge >= 0.3 is 23.9 Å². The molecule has 0 amide bonds. The highest BCUT2D eigenvalue weighted by Crippen LogP contribution is 2.22. The van der Waals surface area contributed by atoms with Crippen LogP contribution in [0.4, 0.5) is 0 Å². The Hall–Kier alpha value is -2.90. The SMILES string of the molecule is CCCCCCCCCOC(=O)c1cc(C(=O)OCCCCCCCCC)c(C(=O)OCCCCCCCCC)cc1C(=O)O. The molecule has 0 radical (unpaired) electrons. The third-order valence-corrected chi connectivity index (χ3v) is 7.99. The van der Waals surface area contributed by atoms with Gasteiger partial charge in [0.1, 0.15) is 0 Å². The van der Waals surface area contributed by atoms with Crippen LogP contribution in [0.25, 0.3) is 0 Å². The van der Waals surface area contributed by atoms with Crippen molar-refractivity contribution in [3.05, 3.63) is 34.4 Å². The minimum atomic E-state index is -1.40. The number of rotatable bonds is 28. The van der Waals surface area contributed by atoms with Gasteiger partial charge in [-0.3, -0.25) is 0 Å². The molecule has 0 spiro atoms. The van der Waals surface area contributed by atoms with Gasteiger partial charge in [0.15, 0.2) is 0 Å². The fourth-order valence-corrected chi connectivity index (χ4v) is 5.19. The van der Waals surface area contributed by atoms with E-state index in [4.69, 9.17) is 14.2 Å². The van der Waals surface area contributed by atoms with Gasteiger partial charge in [0.2, 0.25) is 0 Å². The first-order valence-corrected chi connectivity index (χ1v) is 17.8. The van der Waals surface area contributed by atoms with E-state index >= 15 is 0 Å². The first kappa shape index (κ1) is 40.1. The van der Waals surface area contributed by atoms with Gasteiger partial charge in [0.05, 0.1) is 42.1 Å². The summed E-state index contributed by atoms with van der Waals surface area (Å²) in [6.45, 7) is 6.97. The molecule has 0 atom stereocenters. The lowest BCUT2D eigenvalue weighted by molar-refractivity contribution is 0.0446. The maximum atomic E-state index is 13.2. The summed E-state index contributed by atoms with van der Waals surface area (Å²) in [6.07, 6.45) is 22.0. The highest BCUT2D eigenvalue weighted by Gasteiger charge is 2.28. The van der Waals surface area contributed by atoms with E-state index in [1.807, 2.05) is 0 Å². The molecule has 1 rings (SSSR count). The van der Waals surface area contributed by atoms with Crippen LogP contribution in [-0.4, -0.2) is 48.8 Å². The van der Waals surface area contributed by atoms with Crippen LogP contribution in [-0.2, 0) is 14.2 Å². The monoisotopic (exact) mass is 632 g/mol. The van der Waals surface area contributed by atoms with E-state index in [0.717, 1.165) is 69.9 Å². The molecule has 45 heavy (non-hydrogen) atoms. The second kappa shape index (κ2) is 26.3. The number of hydrogen-bond acceptors (Lipinski definition) is 7. The lowest BCUT2D eigenvalue weighted by atomic mass is 9.98. The fraction of sp³-hybridized carbons (Fsp3) is 0.730. The van der Waals surface area contributed by atoms with Crippen molar-refractivity contribution in [3.8, 4) is 0 Å². The van der Waals surface area contributed by atoms with Crippen LogP contribution in [0.5, 0.6) is 0 Å². The number of hydrogen-bond donors (Lipinski definition) is 1. The third-order valence-electron chi connectivity index (χ3n) is 7.99. The van der Waals surface area contributed by atoms with Gasteiger partial charge in [-0.1, -0.05) is 136 Å². The smallest absolute Gasteiger partial charge is 0.339 e. The Morgan fingerprint density at radius 1 is 0.422 bits per heavy atom. The number of aromatic carboxylic acids is 1. The molecule has 0 unspecified atom stereocenters. The number of carboxylic acids is 1. The molecule has 8 heteroatoms. The number of carbonyl (C=O) groups excluding carboxylic acids is 3. The molecule has 8 nitrogen and oxygen atoms in total. The van der Waals surface area contributed by atoms with Gasteiger partial charge in [-0.15, -0.1) is 0 Å². The van der Waals surface area contributed by atoms with E-state index in [2.05, 4.69) is 20.8 Å². The molecule has 0 saturated heterocycles. The summed E-state index contributed by atoms with van der Waals surface area (Å²) in [5.41, 5.74) is -1.10. The van der Waals surface area contributed by atoms with E-state index < -0.39 is 29.4 Å². The van der Waals surface area contributed by atoms with Crippen LogP contribution < -0.4 is 0 Å². The zero-order valence-corrected chi connectivity index (χ0v) is 28.4. The normalized spacial score (nSPS) is 10.9. The second-order valence-corrected chi connectivity index (χ2v) is 12.0. The number of ether oxygens (including phenoxy) is 3. The Bertz CT molecular complexity index is 987. The molecule has 0 heterocycles. The molecule has 0 aliphatic carbocycles. The fourth-order valence-electron chi connectivity index (χ4n) is 5.19. The van der Waals surface area contributed by atoms with Crippen LogP contribution in [0.1, 0.15) is 197 Å². The lowest BCUT2D eigenvalue weighted by Crippen LogP contribution is -2.20. The standard InChI is InChI=1S/C37H60O8/c1-4-7-10-13-16-19-22-25-43-35(40)31-29-33(37(42)45-27-24-21-18-15-12-9-6-3)32(28-30(31)34(38)39)36(41)44-26-23-20-17-14-11-8-5-2/h28-29H,4-27H2,1-3H3,(H,38,39). The largest absolute Gasteiger partial charge is 0.478 e. The summed E-state index contributed by atoms with van der Waals surface area (Å²) in [7, 11) is 0. The van der Waals surface area contributed by atoms with Gasteiger partial charge in [0, 0.05) is 0 Å². The summed E-state index contributed by atoms with van der Waals surface area (Å²) in [5, 5.41) is 9.90. The summed E-state index contributed by atoms with van der Waals surface area (Å²) < 4.78 is 16.3. The van der Waals surface area contributed by atoms with E-state index in [9.17, 15) is 24.3 Å². The van der Waals surface area contributed by atoms with Crippen molar-refractivity contribution >= 4 is 23.9 Å². The number of benzene rings is 1. The second-order valence-electron chi connectivity index (χ2n) is 12.0. The Morgan fingerprint density at radius 3 is 0.956 bits per heavy atom. The molecule has 1 N–H and O–H groups in total. The zero-order valence-electron chi connectivity index (χ0n) is 28.4. The van der Waals surface area contributed by atoms with Crippen LogP contribution >= 0.6 is 0 Å². The molecule has 0 aliphatic rings. The van der Waals surface area contributed by atoms with Crippen molar-refractivity contribution in [1.29, 1.82) is 0 Å². The first-order valence-electron chi connectivity index (χ1n) is 17.8. The molecule has 0 saturated carbocycles. The molecule has 0 bridgehead atoms. The maximum absolute atomic E-state index is 13.2. The van der Waals surface area contributed by atoms with Crippen molar-refractivity contribution in [2.45, 2.75) is 156 Å². The summed E-state index contributed by atoms with van der Waals surface area (Å²) in [6, 6.07) is 2.16. The van der Waals surface area contributed by atoms with E-state index in [1.165, 1.54) is 57.8 Å². The third kappa shape index (κ3) is 18.0. The van der Waals surface area contributed by atoms with Crippen molar-refractivity contribution in [3.63, 3.8) is 0 Å². The quantitative estimate of drug-likeness (QED) is 0.0551. The topological polar surface area (TPSA) is 116 Å². The van der Waals surface area contributed by atoms with Crippen LogP contribution in [0.15, 0.2) is 12.1 Å². The Balaban J connectivity index is 2.95. The van der Waals surface area contributed by atoms with Crippen molar-refractivity contribution in [2.75, 3.05) is 19.8 Å². The van der Waals surface area contributed by atoms with Crippen molar-refractivity contribution in [1.82, 2.24) is 0 Å². The van der Waals surface area contributed by atoms with E-state index in [-0.39, 0.29) is 36.5 Å². The van der Waals surface area contributed by atoms with Crippen molar-refractivity contribution in [2.24, 2.45) is 0 Å². The summed E-state index contributed by atoms with van der Waals surface area (Å²) >= 11 is 0. The van der Waals surface area contributed by atoms with Gasteiger partial charge in [-0.2, -0.15) is 0 Å². The molecule has 1 aromatic rings. The van der Waals surface area contributed by atoms with Gasteiger partial charge < -0.3 is 19.3 Å². The number of esters is 3. The van der Waals surface area contributed by atoms with Gasteiger partial charge in [0.25, 0.3) is 0 Å². The number of carboxylic acid groups (broad SMARTS) is 1. The number of unbranched alkanes of at least 4 members (excludes halogenated alkanes) is 18. The molecular formula is C37H60O8. The van der Waals surface area contributed by atoms with Crippen LogP contribution in [0.2, 0.25) is 0 Å². The predicted octanol–water partition coefficient (Wildman–Crippen LogP) is 10.1. The highest BCUT2D eigenvalue weighted by atomic mass is 16.5. The summed E-state index contributed by atoms with van der Waals surface area (Å²) in [5.74, 6) is -3.85. The minimum Gasteiger partial charge on any atom is -0.478 e. The molecule has 0 fully saturated rings. The Kier molecular flexibility index (Phi) is 23.5. The molecular weight excluding hydrogens is 572 g/mol. The Morgan fingerprint density at radius 2 is 0.667 bits per heavy atom. The highest BCUT2D eigenvalue weighted by molar-refractivity contribution is 6.10. The van der Waals surface area contributed by atoms with E-state index in [0.29, 0.717) is 19.3 Å². The minimum absolute atomic E-state index is 0.145. The van der Waals surface area contributed by atoms with Crippen LogP contribution in [0.3, 0.4) is 0 Å². The average molecular weight is 633 g/mol. The first-order chi connectivity index (χ1) is 21.9. The van der Waals surface area contributed by atoms with Gasteiger partial charge in [-0.05, 0) is 31.4 Å². The van der Waals surface area contributed by atoms with E-state index in [1.54, 1.807) is 0 Å². The molecule has 1 aromatic carbocycles. The molecule has 0 aromatic heterocycles. The van der Waals surface area contributed by atoms with Gasteiger partial charge in [-0.25, -0.2) is 19.2 Å². The van der Waals surface area contributed by atoms with Crippen molar-refractivity contribution < 1.29 is 38.5 Å². The summed E-state index contributed by atoms with van der Waals surface area (Å²) in [4.78, 5) is 51.4. The molecule has 256 valence electrons. The average Bonchev–Trinajstić information content (AvgIpc) is 3.03. The number of carbonyl (C=O) groups is 4. The molecule has 0 aliphatic heterocycles. The Labute approximate surface area is 272 Å². The lowest BCUT2D eigenvalue weighted by Gasteiger charge is -2.14. The van der Waals surface area contributed by atoms with Crippen LogP contribution in [0, 0.1) is 0 Å².